The van der Waals surface area contributed by atoms with E-state index in [1.54, 1.807) is 18.3 Å². The number of hydrogen-bond donors (Lipinski definition) is 2. The summed E-state index contributed by atoms with van der Waals surface area (Å²) in [4.78, 5) is 33.9. The summed E-state index contributed by atoms with van der Waals surface area (Å²) in [6, 6.07) is 17.2. The molecule has 184 valence electrons. The van der Waals surface area contributed by atoms with E-state index in [0.29, 0.717) is 23.3 Å². The summed E-state index contributed by atoms with van der Waals surface area (Å²) in [5, 5.41) is 13.0. The second kappa shape index (κ2) is 10.5. The number of anilines is 1. The molecule has 1 saturated carbocycles. The molecule has 0 atom stereocenters. The number of oxazole rings is 1. The van der Waals surface area contributed by atoms with E-state index in [-0.39, 0.29) is 23.9 Å². The van der Waals surface area contributed by atoms with E-state index in [0.717, 1.165) is 46.7 Å². The Hall–Kier alpha value is -3.78. The summed E-state index contributed by atoms with van der Waals surface area (Å²) in [5.74, 6) is 0.556. The molecule has 8 heteroatoms. The van der Waals surface area contributed by atoms with Crippen molar-refractivity contribution in [2.45, 2.75) is 44.9 Å². The van der Waals surface area contributed by atoms with Gasteiger partial charge in [0.1, 0.15) is 5.76 Å². The summed E-state index contributed by atoms with van der Waals surface area (Å²) in [7, 11) is 0. The van der Waals surface area contributed by atoms with Gasteiger partial charge in [-0.3, -0.25) is 9.59 Å². The quantitative estimate of drug-likeness (QED) is 0.289. The van der Waals surface area contributed by atoms with E-state index < -0.39 is 5.97 Å². The molecule has 0 aliphatic heterocycles. The predicted octanol–water partition coefficient (Wildman–Crippen LogP) is 6.77. The highest BCUT2D eigenvalue weighted by molar-refractivity contribution is 7.15. The highest BCUT2D eigenvalue weighted by Crippen LogP contribution is 2.40. The van der Waals surface area contributed by atoms with Crippen molar-refractivity contribution < 1.29 is 19.1 Å². The Bertz CT molecular complexity index is 1350. The maximum absolute atomic E-state index is 12.8. The lowest BCUT2D eigenvalue weighted by molar-refractivity contribution is -0.138. The minimum Gasteiger partial charge on any atom is -0.481 e. The van der Waals surface area contributed by atoms with Crippen molar-refractivity contribution in [2.24, 2.45) is 5.92 Å². The van der Waals surface area contributed by atoms with Gasteiger partial charge in [0.25, 0.3) is 5.91 Å². The van der Waals surface area contributed by atoms with Crippen molar-refractivity contribution >= 4 is 28.9 Å². The lowest BCUT2D eigenvalue weighted by Crippen LogP contribution is -2.16. The zero-order valence-electron chi connectivity index (χ0n) is 19.9. The fraction of sp³-hybridized carbons (Fsp3) is 0.286. The maximum Gasteiger partial charge on any atom is 0.303 e. The minimum atomic E-state index is -0.706. The van der Waals surface area contributed by atoms with Gasteiger partial charge in [-0.2, -0.15) is 0 Å². The normalized spacial score (nSPS) is 17.6. The second-order valence-electron chi connectivity index (χ2n) is 9.20. The molecule has 5 rings (SSSR count). The van der Waals surface area contributed by atoms with Crippen LogP contribution < -0.4 is 5.32 Å². The molecular formula is C28H27N3O4S. The average molecular weight is 502 g/mol. The molecule has 2 N–H and O–H groups in total. The molecular weight excluding hydrogens is 474 g/mol. The molecule has 36 heavy (non-hydrogen) atoms. The third-order valence-corrected chi connectivity index (χ3v) is 7.85. The molecule has 1 amide bonds. The van der Waals surface area contributed by atoms with E-state index in [4.69, 9.17) is 9.52 Å². The van der Waals surface area contributed by atoms with Gasteiger partial charge in [-0.05, 0) is 68.4 Å². The van der Waals surface area contributed by atoms with Crippen LogP contribution in [-0.2, 0) is 4.79 Å². The minimum absolute atomic E-state index is 0.267. The van der Waals surface area contributed by atoms with Crippen molar-refractivity contribution in [3.63, 3.8) is 0 Å². The highest BCUT2D eigenvalue weighted by atomic mass is 32.1. The first-order chi connectivity index (χ1) is 17.5. The van der Waals surface area contributed by atoms with Crippen LogP contribution in [0.3, 0.4) is 0 Å². The number of carboxylic acids is 1. The van der Waals surface area contributed by atoms with Crippen LogP contribution in [0.25, 0.3) is 21.9 Å². The molecule has 1 aliphatic rings. The molecule has 0 saturated heterocycles. The van der Waals surface area contributed by atoms with Crippen molar-refractivity contribution in [3.8, 4) is 21.9 Å². The summed E-state index contributed by atoms with van der Waals surface area (Å²) in [5.41, 5.74) is 2.80. The number of aromatic nitrogens is 2. The molecule has 0 unspecified atom stereocenters. The standard InChI is InChI=1S/C28H27N3O4S/c1-17-25(31-27(35-17)20-5-3-2-4-6-20)26(34)30-22-13-11-19(12-14-22)23-16-29-28(36-23)21-9-7-18(8-10-21)15-24(32)33/h2-6,11-14,16,18,21H,7-10,15H2,1H3,(H,30,34)(H,32,33). The number of nitrogens with one attached hydrogen (secondary N) is 1. The first kappa shape index (κ1) is 23.9. The summed E-state index contributed by atoms with van der Waals surface area (Å²) in [6.45, 7) is 1.73. The molecule has 2 aromatic carbocycles. The summed E-state index contributed by atoms with van der Waals surface area (Å²) >= 11 is 1.69. The molecule has 0 spiro atoms. The number of aliphatic carboxylic acids is 1. The van der Waals surface area contributed by atoms with Gasteiger partial charge in [0.2, 0.25) is 5.89 Å². The van der Waals surface area contributed by atoms with E-state index in [1.165, 1.54) is 0 Å². The Balaban J connectivity index is 1.21. The Morgan fingerprint density at radius 1 is 1.03 bits per heavy atom. The van der Waals surface area contributed by atoms with Crippen LogP contribution in [-0.4, -0.2) is 27.0 Å². The molecule has 7 nitrogen and oxygen atoms in total. The number of carboxylic acid groups (broad SMARTS) is 1. The Labute approximate surface area is 213 Å². The van der Waals surface area contributed by atoms with Crippen LogP contribution >= 0.6 is 11.3 Å². The van der Waals surface area contributed by atoms with Crippen LogP contribution in [0.1, 0.15) is 59.3 Å². The number of nitrogens with zero attached hydrogens (tertiary/aromatic N) is 2. The molecule has 2 heterocycles. The van der Waals surface area contributed by atoms with E-state index >= 15 is 0 Å². The third kappa shape index (κ3) is 5.39. The zero-order chi connectivity index (χ0) is 25.1. The van der Waals surface area contributed by atoms with Crippen LogP contribution in [0.15, 0.2) is 65.2 Å². The number of hydrogen-bond acceptors (Lipinski definition) is 6. The van der Waals surface area contributed by atoms with Crippen LogP contribution in [0, 0.1) is 12.8 Å². The second-order valence-corrected chi connectivity index (χ2v) is 10.3. The van der Waals surface area contributed by atoms with Gasteiger partial charge in [-0.15, -0.1) is 11.3 Å². The summed E-state index contributed by atoms with van der Waals surface area (Å²) < 4.78 is 5.71. The Morgan fingerprint density at radius 3 is 2.44 bits per heavy atom. The maximum atomic E-state index is 12.8. The highest BCUT2D eigenvalue weighted by Gasteiger charge is 2.26. The first-order valence-electron chi connectivity index (χ1n) is 12.1. The number of thiazole rings is 1. The van der Waals surface area contributed by atoms with Gasteiger partial charge < -0.3 is 14.8 Å². The van der Waals surface area contributed by atoms with Crippen molar-refractivity contribution in [2.75, 3.05) is 5.32 Å². The van der Waals surface area contributed by atoms with Crippen LogP contribution in [0.5, 0.6) is 0 Å². The molecule has 0 bridgehead atoms. The molecule has 4 aromatic rings. The average Bonchev–Trinajstić information content (AvgIpc) is 3.53. The Kier molecular flexibility index (Phi) is 6.95. The fourth-order valence-corrected chi connectivity index (χ4v) is 5.78. The number of amides is 1. The van der Waals surface area contributed by atoms with Gasteiger partial charge in [0.05, 0.1) is 9.88 Å². The smallest absolute Gasteiger partial charge is 0.303 e. The monoisotopic (exact) mass is 501 g/mol. The van der Waals surface area contributed by atoms with Gasteiger partial charge >= 0.3 is 5.97 Å². The third-order valence-electron chi connectivity index (χ3n) is 6.64. The first-order valence-corrected chi connectivity index (χ1v) is 12.9. The topological polar surface area (TPSA) is 105 Å². The lowest BCUT2D eigenvalue weighted by atomic mass is 9.81. The molecule has 1 fully saturated rings. The van der Waals surface area contributed by atoms with Crippen LogP contribution in [0.4, 0.5) is 5.69 Å². The number of carbonyl (C=O) groups excluding carboxylic acids is 1. The molecule has 1 aliphatic carbocycles. The van der Waals surface area contributed by atoms with E-state index in [1.807, 2.05) is 60.8 Å². The van der Waals surface area contributed by atoms with E-state index in [2.05, 4.69) is 15.3 Å². The van der Waals surface area contributed by atoms with Gasteiger partial charge in [0.15, 0.2) is 5.69 Å². The van der Waals surface area contributed by atoms with E-state index in [9.17, 15) is 9.59 Å². The fourth-order valence-electron chi connectivity index (χ4n) is 4.69. The number of rotatable bonds is 7. The van der Waals surface area contributed by atoms with Crippen molar-refractivity contribution in [1.82, 2.24) is 9.97 Å². The van der Waals surface area contributed by atoms with Crippen molar-refractivity contribution in [3.05, 3.63) is 77.3 Å². The van der Waals surface area contributed by atoms with Crippen LogP contribution in [0.2, 0.25) is 0 Å². The van der Waals surface area contributed by atoms with Gasteiger partial charge in [-0.25, -0.2) is 9.97 Å². The predicted molar refractivity (Wildman–Crippen MR) is 139 cm³/mol. The number of aryl methyl sites for hydroxylation is 1. The Morgan fingerprint density at radius 2 is 1.75 bits per heavy atom. The van der Waals surface area contributed by atoms with Crippen molar-refractivity contribution in [1.29, 1.82) is 0 Å². The number of benzene rings is 2. The van der Waals surface area contributed by atoms with Gasteiger partial charge in [-0.1, -0.05) is 30.3 Å². The number of carbonyl (C=O) groups is 2. The lowest BCUT2D eigenvalue weighted by Gasteiger charge is -2.26. The summed E-state index contributed by atoms with van der Waals surface area (Å²) in [6.07, 6.45) is 6.03. The molecule has 2 aromatic heterocycles. The molecule has 0 radical (unpaired) electrons. The largest absolute Gasteiger partial charge is 0.481 e. The zero-order valence-corrected chi connectivity index (χ0v) is 20.8. The van der Waals surface area contributed by atoms with Gasteiger partial charge in [0, 0.05) is 29.8 Å². The SMILES string of the molecule is Cc1oc(-c2ccccc2)nc1C(=O)Nc1ccc(-c2cnc(C3CCC(CC(=O)O)CC3)s2)cc1.